The first-order valence-electron chi connectivity index (χ1n) is 7.68. The van der Waals surface area contributed by atoms with E-state index < -0.39 is 4.92 Å². The van der Waals surface area contributed by atoms with E-state index >= 15 is 0 Å². The highest BCUT2D eigenvalue weighted by atomic mass is 16.6. The third-order valence-electron chi connectivity index (χ3n) is 3.93. The second-order valence-electron chi connectivity index (χ2n) is 5.56. The molecule has 0 aliphatic rings. The molecule has 3 aromatic rings. The normalized spacial score (nSPS) is 10.7. The van der Waals surface area contributed by atoms with Crippen molar-refractivity contribution in [1.82, 2.24) is 10.3 Å². The van der Waals surface area contributed by atoms with Crippen LogP contribution in [0.15, 0.2) is 54.7 Å². The number of fused-ring (bicyclic) bond motifs is 1. The van der Waals surface area contributed by atoms with E-state index in [9.17, 15) is 14.9 Å². The molecule has 0 spiro atoms. The second kappa shape index (κ2) is 6.95. The Morgan fingerprint density at radius 3 is 2.62 bits per heavy atom. The molecule has 0 saturated carbocycles. The van der Waals surface area contributed by atoms with Crippen LogP contribution in [0.1, 0.15) is 17.5 Å². The Morgan fingerprint density at radius 1 is 1.12 bits per heavy atom. The van der Waals surface area contributed by atoms with Crippen LogP contribution in [-0.4, -0.2) is 15.8 Å². The fraction of sp³-hybridized carbons (Fsp3) is 0.167. The van der Waals surface area contributed by atoms with Gasteiger partial charge < -0.3 is 10.3 Å². The lowest BCUT2D eigenvalue weighted by Crippen LogP contribution is -2.22. The van der Waals surface area contributed by atoms with Crippen molar-refractivity contribution in [1.29, 1.82) is 0 Å². The van der Waals surface area contributed by atoms with Gasteiger partial charge >= 0.3 is 0 Å². The van der Waals surface area contributed by atoms with E-state index in [0.717, 1.165) is 22.0 Å². The number of aromatic nitrogens is 1. The number of H-pyrrole nitrogens is 1. The topological polar surface area (TPSA) is 88.0 Å². The standard InChI is InChI=1S/C18H17N3O3/c22-18(20-11-13-5-8-15(9-6-13)21(23)24)10-7-14-12-19-17-4-2-1-3-16(14)17/h1-6,8-9,12,19H,7,10-11H2,(H,20,22). The zero-order valence-corrected chi connectivity index (χ0v) is 13.0. The number of nitro groups is 1. The van der Waals surface area contributed by atoms with Gasteiger partial charge in [0.15, 0.2) is 0 Å². The van der Waals surface area contributed by atoms with E-state index in [4.69, 9.17) is 0 Å². The average molecular weight is 323 g/mol. The summed E-state index contributed by atoms with van der Waals surface area (Å²) in [5.41, 5.74) is 3.07. The number of aryl methyl sites for hydroxylation is 1. The van der Waals surface area contributed by atoms with Crippen molar-refractivity contribution in [2.75, 3.05) is 0 Å². The van der Waals surface area contributed by atoms with E-state index in [1.165, 1.54) is 12.1 Å². The molecule has 1 heterocycles. The lowest BCUT2D eigenvalue weighted by Gasteiger charge is -2.05. The summed E-state index contributed by atoms with van der Waals surface area (Å²) in [6.45, 7) is 0.366. The first kappa shape index (κ1) is 15.7. The number of amides is 1. The van der Waals surface area contributed by atoms with Crippen molar-refractivity contribution in [3.63, 3.8) is 0 Å². The zero-order chi connectivity index (χ0) is 16.9. The minimum atomic E-state index is -0.441. The molecule has 3 rings (SSSR count). The third kappa shape index (κ3) is 3.60. The highest BCUT2D eigenvalue weighted by molar-refractivity contribution is 5.84. The first-order chi connectivity index (χ1) is 11.6. The van der Waals surface area contributed by atoms with Crippen molar-refractivity contribution >= 4 is 22.5 Å². The second-order valence-corrected chi connectivity index (χ2v) is 5.56. The molecule has 0 bridgehead atoms. The zero-order valence-electron chi connectivity index (χ0n) is 13.0. The summed E-state index contributed by atoms with van der Waals surface area (Å²) in [5.74, 6) is -0.0429. The molecule has 0 unspecified atom stereocenters. The van der Waals surface area contributed by atoms with Gasteiger partial charge in [0.05, 0.1) is 4.92 Å². The smallest absolute Gasteiger partial charge is 0.269 e. The van der Waals surface area contributed by atoms with Gasteiger partial charge in [0.2, 0.25) is 5.91 Å². The van der Waals surface area contributed by atoms with Crippen molar-refractivity contribution in [2.45, 2.75) is 19.4 Å². The molecule has 0 fully saturated rings. The van der Waals surface area contributed by atoms with E-state index in [1.54, 1.807) is 12.1 Å². The van der Waals surface area contributed by atoms with Crippen LogP contribution < -0.4 is 5.32 Å². The van der Waals surface area contributed by atoms with E-state index in [0.29, 0.717) is 19.4 Å². The first-order valence-corrected chi connectivity index (χ1v) is 7.68. The van der Waals surface area contributed by atoms with Crippen molar-refractivity contribution < 1.29 is 9.72 Å². The van der Waals surface area contributed by atoms with Gasteiger partial charge in [0.25, 0.3) is 5.69 Å². The van der Waals surface area contributed by atoms with Crippen molar-refractivity contribution in [3.8, 4) is 0 Å². The predicted molar refractivity (Wildman–Crippen MR) is 91.6 cm³/mol. The summed E-state index contributed by atoms with van der Waals surface area (Å²) < 4.78 is 0. The summed E-state index contributed by atoms with van der Waals surface area (Å²) in [4.78, 5) is 25.4. The Kier molecular flexibility index (Phi) is 4.56. The Hall–Kier alpha value is -3.15. The van der Waals surface area contributed by atoms with Crippen LogP contribution in [0.2, 0.25) is 0 Å². The minimum Gasteiger partial charge on any atom is -0.361 e. The van der Waals surface area contributed by atoms with E-state index in [1.807, 2.05) is 30.5 Å². The fourth-order valence-corrected chi connectivity index (χ4v) is 2.61. The largest absolute Gasteiger partial charge is 0.361 e. The molecule has 2 aromatic carbocycles. The maximum absolute atomic E-state index is 12.0. The molecule has 0 aliphatic heterocycles. The maximum Gasteiger partial charge on any atom is 0.269 e. The van der Waals surface area contributed by atoms with Crippen molar-refractivity contribution in [2.24, 2.45) is 0 Å². The summed E-state index contributed by atoms with van der Waals surface area (Å²) in [6, 6.07) is 14.2. The van der Waals surface area contributed by atoms with Crippen molar-refractivity contribution in [3.05, 3.63) is 76.0 Å². The van der Waals surface area contributed by atoms with Crippen LogP contribution in [0.4, 0.5) is 5.69 Å². The highest BCUT2D eigenvalue weighted by Crippen LogP contribution is 2.19. The number of benzene rings is 2. The van der Waals surface area contributed by atoms with Gasteiger partial charge in [-0.25, -0.2) is 0 Å². The number of nitrogens with zero attached hydrogens (tertiary/aromatic N) is 1. The monoisotopic (exact) mass is 323 g/mol. The van der Waals surface area contributed by atoms with Crippen LogP contribution in [0.3, 0.4) is 0 Å². The molecule has 1 amide bonds. The fourth-order valence-electron chi connectivity index (χ4n) is 2.61. The number of hydrogen-bond acceptors (Lipinski definition) is 3. The van der Waals surface area contributed by atoms with Gasteiger partial charge in [-0.1, -0.05) is 30.3 Å². The van der Waals surface area contributed by atoms with Gasteiger partial charge in [0.1, 0.15) is 0 Å². The Morgan fingerprint density at radius 2 is 1.88 bits per heavy atom. The Labute approximate surface area is 138 Å². The molecule has 6 nitrogen and oxygen atoms in total. The number of aromatic amines is 1. The van der Waals surface area contributed by atoms with E-state index in [2.05, 4.69) is 10.3 Å². The average Bonchev–Trinajstić information content (AvgIpc) is 3.01. The number of nitrogens with one attached hydrogen (secondary N) is 2. The molecule has 0 radical (unpaired) electrons. The lowest BCUT2D eigenvalue weighted by atomic mass is 10.1. The lowest BCUT2D eigenvalue weighted by molar-refractivity contribution is -0.384. The molecule has 1 aromatic heterocycles. The molecule has 0 atom stereocenters. The third-order valence-corrected chi connectivity index (χ3v) is 3.93. The molecular weight excluding hydrogens is 306 g/mol. The van der Waals surface area contributed by atoms with Crippen LogP contribution in [0.25, 0.3) is 10.9 Å². The molecule has 122 valence electrons. The number of rotatable bonds is 6. The summed E-state index contributed by atoms with van der Waals surface area (Å²) in [6.07, 6.45) is 3.00. The molecule has 0 saturated heterocycles. The number of non-ortho nitro benzene ring substituents is 1. The minimum absolute atomic E-state index is 0.0429. The SMILES string of the molecule is O=C(CCc1c[nH]c2ccccc12)NCc1ccc([N+](=O)[O-])cc1. The number of para-hydroxylation sites is 1. The van der Waals surface area contributed by atoms with Gasteiger partial charge in [-0.3, -0.25) is 14.9 Å². The summed E-state index contributed by atoms with van der Waals surface area (Å²) in [5, 5.41) is 14.6. The number of nitro benzene ring substituents is 1. The predicted octanol–water partition coefficient (Wildman–Crippen LogP) is 3.33. The van der Waals surface area contributed by atoms with Crippen LogP contribution >= 0.6 is 0 Å². The summed E-state index contributed by atoms with van der Waals surface area (Å²) in [7, 11) is 0. The number of carbonyl (C=O) groups is 1. The number of carbonyl (C=O) groups excluding carboxylic acids is 1. The van der Waals surface area contributed by atoms with E-state index in [-0.39, 0.29) is 11.6 Å². The molecule has 2 N–H and O–H groups in total. The van der Waals surface area contributed by atoms with Crippen LogP contribution in [0, 0.1) is 10.1 Å². The molecule has 0 aliphatic carbocycles. The number of hydrogen-bond donors (Lipinski definition) is 2. The van der Waals surface area contributed by atoms with Gasteiger partial charge in [0, 0.05) is 42.2 Å². The maximum atomic E-state index is 12.0. The van der Waals surface area contributed by atoms with Crippen LogP contribution in [0.5, 0.6) is 0 Å². The van der Waals surface area contributed by atoms with Gasteiger partial charge in [-0.2, -0.15) is 0 Å². The summed E-state index contributed by atoms with van der Waals surface area (Å²) >= 11 is 0. The molecule has 24 heavy (non-hydrogen) atoms. The van der Waals surface area contributed by atoms with Gasteiger partial charge in [-0.05, 0) is 23.6 Å². The highest BCUT2D eigenvalue weighted by Gasteiger charge is 2.08. The molecular formula is C18H17N3O3. The Bertz CT molecular complexity index is 869. The van der Waals surface area contributed by atoms with Gasteiger partial charge in [-0.15, -0.1) is 0 Å². The van der Waals surface area contributed by atoms with Crippen LogP contribution in [-0.2, 0) is 17.8 Å². The quantitative estimate of drug-likeness (QED) is 0.539. The molecule has 6 heteroatoms. The Balaban J connectivity index is 1.51.